The van der Waals surface area contributed by atoms with Crippen LogP contribution in [0.5, 0.6) is 17.2 Å². The molecular weight excluding hydrogens is 408 g/mol. The van der Waals surface area contributed by atoms with Crippen molar-refractivity contribution in [3.8, 4) is 17.2 Å². The highest BCUT2D eigenvalue weighted by atomic mass is 16.5. The van der Waals surface area contributed by atoms with E-state index < -0.39 is 0 Å². The van der Waals surface area contributed by atoms with Gasteiger partial charge in [0.1, 0.15) is 0 Å². The minimum Gasteiger partial charge on any atom is -0.493 e. The van der Waals surface area contributed by atoms with E-state index in [4.69, 9.17) is 14.2 Å². The van der Waals surface area contributed by atoms with Crippen LogP contribution < -0.4 is 19.5 Å². The van der Waals surface area contributed by atoms with Crippen molar-refractivity contribution in [3.63, 3.8) is 0 Å². The minimum absolute atomic E-state index is 0.0621. The number of amides is 2. The lowest BCUT2D eigenvalue weighted by atomic mass is 9.92. The summed E-state index contributed by atoms with van der Waals surface area (Å²) in [7, 11) is 4.61. The molecule has 1 fully saturated rings. The molecule has 0 spiro atoms. The Labute approximate surface area is 191 Å². The Bertz CT molecular complexity index is 803. The van der Waals surface area contributed by atoms with Crippen molar-refractivity contribution in [2.45, 2.75) is 51.4 Å². The molecule has 7 nitrogen and oxygen atoms in total. The van der Waals surface area contributed by atoms with Gasteiger partial charge in [-0.05, 0) is 63.0 Å². The van der Waals surface area contributed by atoms with Gasteiger partial charge in [0.25, 0.3) is 5.91 Å². The van der Waals surface area contributed by atoms with Crippen molar-refractivity contribution in [1.29, 1.82) is 0 Å². The number of piperidine rings is 1. The molecule has 1 heterocycles. The molecule has 7 heteroatoms. The van der Waals surface area contributed by atoms with Crippen molar-refractivity contribution in [3.05, 3.63) is 29.3 Å². The highest BCUT2D eigenvalue weighted by Crippen LogP contribution is 2.38. The number of rotatable bonds is 9. The highest BCUT2D eigenvalue weighted by molar-refractivity contribution is 5.95. The van der Waals surface area contributed by atoms with Crippen molar-refractivity contribution < 1.29 is 23.8 Å². The summed E-state index contributed by atoms with van der Waals surface area (Å²) >= 11 is 0. The average molecular weight is 445 g/mol. The molecular formula is C25H36N2O5. The number of likely N-dealkylation sites (tertiary alicyclic amines) is 1. The van der Waals surface area contributed by atoms with E-state index in [1.54, 1.807) is 12.1 Å². The number of hydrogen-bond donors (Lipinski definition) is 1. The molecule has 1 aliphatic heterocycles. The van der Waals surface area contributed by atoms with E-state index in [1.807, 2.05) is 4.90 Å². The SMILES string of the molecule is COc1cc(C(=O)N2CCC(CC(=O)NCCC3=CCCCC3)CC2)cc(OC)c1OC. The normalized spacial score (nSPS) is 16.8. The van der Waals surface area contributed by atoms with Gasteiger partial charge in [0.2, 0.25) is 11.7 Å². The molecule has 176 valence electrons. The Hall–Kier alpha value is -2.70. The first-order chi connectivity index (χ1) is 15.5. The number of allylic oxidation sites excluding steroid dienone is 1. The van der Waals surface area contributed by atoms with Crippen LogP contribution in [0.3, 0.4) is 0 Å². The second-order valence-corrected chi connectivity index (χ2v) is 8.56. The number of methoxy groups -OCH3 is 3. The summed E-state index contributed by atoms with van der Waals surface area (Å²) < 4.78 is 16.1. The third-order valence-electron chi connectivity index (χ3n) is 6.44. The van der Waals surface area contributed by atoms with Crippen molar-refractivity contribution in [2.24, 2.45) is 5.92 Å². The molecule has 1 saturated heterocycles. The van der Waals surface area contributed by atoms with Gasteiger partial charge in [-0.2, -0.15) is 0 Å². The first-order valence-electron chi connectivity index (χ1n) is 11.6. The van der Waals surface area contributed by atoms with Gasteiger partial charge in [0.05, 0.1) is 21.3 Å². The van der Waals surface area contributed by atoms with Crippen LogP contribution in [0, 0.1) is 5.92 Å². The maximum absolute atomic E-state index is 13.0. The number of carbonyl (C=O) groups is 2. The molecule has 32 heavy (non-hydrogen) atoms. The van der Waals surface area contributed by atoms with Crippen LogP contribution in [0.15, 0.2) is 23.8 Å². The molecule has 3 rings (SSSR count). The van der Waals surface area contributed by atoms with Gasteiger partial charge in [-0.1, -0.05) is 11.6 Å². The van der Waals surface area contributed by atoms with Crippen LogP contribution in [-0.2, 0) is 4.79 Å². The smallest absolute Gasteiger partial charge is 0.254 e. The predicted octanol–water partition coefficient (Wildman–Crippen LogP) is 3.96. The largest absolute Gasteiger partial charge is 0.493 e. The number of nitrogens with one attached hydrogen (secondary N) is 1. The fraction of sp³-hybridized carbons (Fsp3) is 0.600. The number of ether oxygens (including phenoxy) is 3. The number of carbonyl (C=O) groups excluding carboxylic acids is 2. The lowest BCUT2D eigenvalue weighted by Gasteiger charge is -2.32. The molecule has 1 aromatic rings. The minimum atomic E-state index is -0.0621. The molecule has 0 radical (unpaired) electrons. The summed E-state index contributed by atoms with van der Waals surface area (Å²) in [4.78, 5) is 27.2. The summed E-state index contributed by atoms with van der Waals surface area (Å²) in [5.74, 6) is 1.77. The summed E-state index contributed by atoms with van der Waals surface area (Å²) in [6.07, 6.45) is 10.4. The van der Waals surface area contributed by atoms with Crippen LogP contribution in [0.25, 0.3) is 0 Å². The molecule has 1 N–H and O–H groups in total. The molecule has 0 unspecified atom stereocenters. The lowest BCUT2D eigenvalue weighted by molar-refractivity contribution is -0.122. The molecule has 0 saturated carbocycles. The molecule has 1 aliphatic carbocycles. The fourth-order valence-electron chi connectivity index (χ4n) is 4.56. The standard InChI is InChI=1S/C25H36N2O5/c1-30-21-16-20(17-22(31-2)24(21)32-3)25(29)27-13-10-19(11-14-27)15-23(28)26-12-9-18-7-5-4-6-8-18/h7,16-17,19H,4-6,8-15H2,1-3H3,(H,26,28). The van der Waals surface area contributed by atoms with E-state index in [9.17, 15) is 9.59 Å². The Morgan fingerprint density at radius 3 is 2.28 bits per heavy atom. The van der Waals surface area contributed by atoms with E-state index in [0.717, 1.165) is 25.8 Å². The van der Waals surface area contributed by atoms with E-state index in [-0.39, 0.29) is 11.8 Å². The van der Waals surface area contributed by atoms with Crippen LogP contribution in [0.1, 0.15) is 61.7 Å². The van der Waals surface area contributed by atoms with Gasteiger partial charge in [0, 0.05) is 31.6 Å². The topological polar surface area (TPSA) is 77.1 Å². The van der Waals surface area contributed by atoms with E-state index in [1.165, 1.54) is 52.6 Å². The monoisotopic (exact) mass is 444 g/mol. The van der Waals surface area contributed by atoms with E-state index in [0.29, 0.717) is 48.2 Å². The van der Waals surface area contributed by atoms with Crippen molar-refractivity contribution in [1.82, 2.24) is 10.2 Å². The van der Waals surface area contributed by atoms with Gasteiger partial charge in [-0.15, -0.1) is 0 Å². The zero-order valence-electron chi connectivity index (χ0n) is 19.6. The Balaban J connectivity index is 1.47. The second kappa shape index (κ2) is 11.8. The second-order valence-electron chi connectivity index (χ2n) is 8.56. The number of hydrogen-bond acceptors (Lipinski definition) is 5. The van der Waals surface area contributed by atoms with Crippen molar-refractivity contribution in [2.75, 3.05) is 41.0 Å². The first kappa shape index (κ1) is 24.0. The van der Waals surface area contributed by atoms with E-state index in [2.05, 4.69) is 11.4 Å². The van der Waals surface area contributed by atoms with Gasteiger partial charge in [0.15, 0.2) is 11.5 Å². The summed E-state index contributed by atoms with van der Waals surface area (Å²) in [6, 6.07) is 3.37. The predicted molar refractivity (Wildman–Crippen MR) is 124 cm³/mol. The maximum Gasteiger partial charge on any atom is 0.254 e. The quantitative estimate of drug-likeness (QED) is 0.584. The number of nitrogens with zero attached hydrogens (tertiary/aromatic N) is 1. The van der Waals surface area contributed by atoms with E-state index >= 15 is 0 Å². The highest BCUT2D eigenvalue weighted by Gasteiger charge is 2.26. The summed E-state index contributed by atoms with van der Waals surface area (Å²) in [5.41, 5.74) is 1.99. The van der Waals surface area contributed by atoms with Gasteiger partial charge >= 0.3 is 0 Å². The molecule has 0 aromatic heterocycles. The first-order valence-corrected chi connectivity index (χ1v) is 11.6. The Morgan fingerprint density at radius 1 is 1.03 bits per heavy atom. The Morgan fingerprint density at radius 2 is 1.72 bits per heavy atom. The molecule has 2 amide bonds. The molecule has 0 atom stereocenters. The number of benzene rings is 1. The molecule has 0 bridgehead atoms. The van der Waals surface area contributed by atoms with Crippen LogP contribution in [0.4, 0.5) is 0 Å². The van der Waals surface area contributed by atoms with Crippen LogP contribution >= 0.6 is 0 Å². The fourth-order valence-corrected chi connectivity index (χ4v) is 4.56. The zero-order valence-corrected chi connectivity index (χ0v) is 19.6. The summed E-state index contributed by atoms with van der Waals surface area (Å²) in [6.45, 7) is 2.00. The van der Waals surface area contributed by atoms with Gasteiger partial charge in [-0.25, -0.2) is 0 Å². The third kappa shape index (κ3) is 6.17. The van der Waals surface area contributed by atoms with Gasteiger partial charge < -0.3 is 24.4 Å². The molecule has 2 aliphatic rings. The van der Waals surface area contributed by atoms with Crippen molar-refractivity contribution >= 4 is 11.8 Å². The molecule has 1 aromatic carbocycles. The maximum atomic E-state index is 13.0. The van der Waals surface area contributed by atoms with Crippen LogP contribution in [0.2, 0.25) is 0 Å². The average Bonchev–Trinajstić information content (AvgIpc) is 2.83. The summed E-state index contributed by atoms with van der Waals surface area (Å²) in [5, 5.41) is 3.07. The lowest BCUT2D eigenvalue weighted by Crippen LogP contribution is -2.39. The van der Waals surface area contributed by atoms with Gasteiger partial charge in [-0.3, -0.25) is 9.59 Å². The Kier molecular flexibility index (Phi) is 8.82. The zero-order chi connectivity index (χ0) is 22.9. The third-order valence-corrected chi connectivity index (χ3v) is 6.44. The van der Waals surface area contributed by atoms with Crippen LogP contribution in [-0.4, -0.2) is 57.7 Å².